The Labute approximate surface area is 115 Å². The lowest BCUT2D eigenvalue weighted by Crippen LogP contribution is -2.40. The van der Waals surface area contributed by atoms with Gasteiger partial charge in [-0.3, -0.25) is 0 Å². The van der Waals surface area contributed by atoms with Crippen LogP contribution in [0.1, 0.15) is 72.0 Å². The molecule has 108 valence electrons. The third-order valence-electron chi connectivity index (χ3n) is 3.92. The Morgan fingerprint density at radius 1 is 1.26 bits per heavy atom. The van der Waals surface area contributed by atoms with Crippen LogP contribution in [0.15, 0.2) is 4.52 Å². The molecule has 0 aromatic carbocycles. The maximum absolute atomic E-state index is 10.7. The molecule has 1 heterocycles. The van der Waals surface area contributed by atoms with Gasteiger partial charge in [-0.1, -0.05) is 46.2 Å². The SMILES string of the molecule is CC1(C)CCC[C@@](O)(Cc2nc(C(C)(C)C)no2)C1. The first-order valence-corrected chi connectivity index (χ1v) is 7.15. The fourth-order valence-corrected chi connectivity index (χ4v) is 3.03. The van der Waals surface area contributed by atoms with Crippen molar-refractivity contribution < 1.29 is 9.63 Å². The summed E-state index contributed by atoms with van der Waals surface area (Å²) in [6.45, 7) is 10.6. The number of hydrogen-bond acceptors (Lipinski definition) is 4. The molecule has 1 aromatic rings. The molecule has 0 radical (unpaired) electrons. The van der Waals surface area contributed by atoms with Gasteiger partial charge < -0.3 is 9.63 Å². The maximum atomic E-state index is 10.7. The Bertz CT molecular complexity index is 445. The number of nitrogens with zero attached hydrogens (tertiary/aromatic N) is 2. The van der Waals surface area contributed by atoms with Crippen LogP contribution in [0.3, 0.4) is 0 Å². The average molecular weight is 266 g/mol. The third kappa shape index (κ3) is 3.56. The summed E-state index contributed by atoms with van der Waals surface area (Å²) >= 11 is 0. The highest BCUT2D eigenvalue weighted by Gasteiger charge is 2.40. The van der Waals surface area contributed by atoms with Gasteiger partial charge in [0.25, 0.3) is 0 Å². The molecule has 19 heavy (non-hydrogen) atoms. The summed E-state index contributed by atoms with van der Waals surface area (Å²) < 4.78 is 5.31. The topological polar surface area (TPSA) is 59.2 Å². The minimum Gasteiger partial charge on any atom is -0.389 e. The molecule has 1 aliphatic rings. The van der Waals surface area contributed by atoms with E-state index >= 15 is 0 Å². The maximum Gasteiger partial charge on any atom is 0.229 e. The van der Waals surface area contributed by atoms with Crippen LogP contribution in [-0.2, 0) is 11.8 Å². The van der Waals surface area contributed by atoms with Crippen molar-refractivity contribution in [3.8, 4) is 0 Å². The number of aliphatic hydroxyl groups is 1. The molecular weight excluding hydrogens is 240 g/mol. The molecule has 1 N–H and O–H groups in total. The van der Waals surface area contributed by atoms with E-state index in [-0.39, 0.29) is 10.8 Å². The van der Waals surface area contributed by atoms with Gasteiger partial charge in [-0.05, 0) is 24.7 Å². The second kappa shape index (κ2) is 4.58. The van der Waals surface area contributed by atoms with Crippen LogP contribution in [0.5, 0.6) is 0 Å². The van der Waals surface area contributed by atoms with E-state index in [0.717, 1.165) is 19.3 Å². The van der Waals surface area contributed by atoms with Gasteiger partial charge in [-0.15, -0.1) is 0 Å². The van der Waals surface area contributed by atoms with Gasteiger partial charge in [0, 0.05) is 5.41 Å². The molecule has 1 saturated carbocycles. The summed E-state index contributed by atoms with van der Waals surface area (Å²) in [6.07, 6.45) is 4.33. The molecule has 0 aliphatic heterocycles. The van der Waals surface area contributed by atoms with Gasteiger partial charge >= 0.3 is 0 Å². The molecule has 1 aliphatic carbocycles. The molecule has 0 unspecified atom stereocenters. The fourth-order valence-electron chi connectivity index (χ4n) is 3.03. The van der Waals surface area contributed by atoms with Crippen LogP contribution >= 0.6 is 0 Å². The summed E-state index contributed by atoms with van der Waals surface area (Å²) in [7, 11) is 0. The van der Waals surface area contributed by atoms with Gasteiger partial charge in [0.2, 0.25) is 5.89 Å². The molecule has 0 saturated heterocycles. The number of hydrogen-bond donors (Lipinski definition) is 1. The van der Waals surface area contributed by atoms with Gasteiger partial charge in [0.05, 0.1) is 12.0 Å². The molecule has 4 heteroatoms. The lowest BCUT2D eigenvalue weighted by atomic mass is 9.69. The van der Waals surface area contributed by atoms with Gasteiger partial charge in [0.1, 0.15) is 0 Å². The van der Waals surface area contributed by atoms with E-state index in [0.29, 0.717) is 18.1 Å². The zero-order chi connectivity index (χ0) is 14.3. The van der Waals surface area contributed by atoms with Crippen LogP contribution in [-0.4, -0.2) is 20.8 Å². The van der Waals surface area contributed by atoms with Crippen molar-refractivity contribution in [1.82, 2.24) is 10.1 Å². The normalized spacial score (nSPS) is 27.5. The predicted molar refractivity (Wildman–Crippen MR) is 73.9 cm³/mol. The Morgan fingerprint density at radius 2 is 1.95 bits per heavy atom. The highest BCUT2D eigenvalue weighted by Crippen LogP contribution is 2.42. The molecule has 1 fully saturated rings. The summed E-state index contributed by atoms with van der Waals surface area (Å²) in [5.74, 6) is 1.27. The Morgan fingerprint density at radius 3 is 2.47 bits per heavy atom. The predicted octanol–water partition coefficient (Wildman–Crippen LogP) is 3.24. The Balaban J connectivity index is 2.10. The van der Waals surface area contributed by atoms with E-state index in [1.807, 2.05) is 0 Å². The van der Waals surface area contributed by atoms with E-state index in [9.17, 15) is 5.11 Å². The van der Waals surface area contributed by atoms with Crippen LogP contribution in [0, 0.1) is 5.41 Å². The molecular formula is C15H26N2O2. The van der Waals surface area contributed by atoms with Crippen LogP contribution < -0.4 is 0 Å². The first kappa shape index (κ1) is 14.5. The van der Waals surface area contributed by atoms with Crippen LogP contribution in [0.4, 0.5) is 0 Å². The molecule has 1 atom stereocenters. The van der Waals surface area contributed by atoms with E-state index in [1.54, 1.807) is 0 Å². The minimum absolute atomic E-state index is 0.115. The van der Waals surface area contributed by atoms with Crippen molar-refractivity contribution in [3.05, 3.63) is 11.7 Å². The minimum atomic E-state index is -0.691. The average Bonchev–Trinajstić information content (AvgIpc) is 2.62. The van der Waals surface area contributed by atoms with Gasteiger partial charge in [-0.2, -0.15) is 4.98 Å². The molecule has 4 nitrogen and oxygen atoms in total. The molecule has 2 rings (SSSR count). The Kier molecular flexibility index (Phi) is 3.50. The summed E-state index contributed by atoms with van der Waals surface area (Å²) in [5, 5.41) is 14.8. The highest BCUT2D eigenvalue weighted by molar-refractivity contribution is 5.03. The summed E-state index contributed by atoms with van der Waals surface area (Å²) in [4.78, 5) is 4.43. The molecule has 0 amide bonds. The zero-order valence-electron chi connectivity index (χ0n) is 12.8. The monoisotopic (exact) mass is 266 g/mol. The second-order valence-electron chi connectivity index (χ2n) is 7.86. The molecule has 0 spiro atoms. The number of rotatable bonds is 2. The zero-order valence-corrected chi connectivity index (χ0v) is 12.8. The van der Waals surface area contributed by atoms with Crippen LogP contribution in [0.25, 0.3) is 0 Å². The smallest absolute Gasteiger partial charge is 0.229 e. The fraction of sp³-hybridized carbons (Fsp3) is 0.867. The first-order valence-electron chi connectivity index (χ1n) is 7.15. The van der Waals surface area contributed by atoms with Crippen molar-refractivity contribution in [2.75, 3.05) is 0 Å². The van der Waals surface area contributed by atoms with Gasteiger partial charge in [-0.25, -0.2) is 0 Å². The van der Waals surface area contributed by atoms with Gasteiger partial charge in [0.15, 0.2) is 5.82 Å². The van der Waals surface area contributed by atoms with Crippen molar-refractivity contribution in [3.63, 3.8) is 0 Å². The van der Waals surface area contributed by atoms with Crippen molar-refractivity contribution in [1.29, 1.82) is 0 Å². The largest absolute Gasteiger partial charge is 0.389 e. The summed E-state index contributed by atoms with van der Waals surface area (Å²) in [5.41, 5.74) is -0.612. The van der Waals surface area contributed by atoms with E-state index in [1.165, 1.54) is 6.42 Å². The van der Waals surface area contributed by atoms with Crippen molar-refractivity contribution >= 4 is 0 Å². The first-order chi connectivity index (χ1) is 8.60. The quantitative estimate of drug-likeness (QED) is 0.892. The lowest BCUT2D eigenvalue weighted by Gasteiger charge is -2.40. The lowest BCUT2D eigenvalue weighted by molar-refractivity contribution is -0.0429. The molecule has 0 bridgehead atoms. The standard InChI is InChI=1S/C15H26N2O2/c1-13(2,3)12-16-11(19-17-12)9-15(18)8-6-7-14(4,5)10-15/h18H,6-10H2,1-5H3/t15-/m1/s1. The molecule has 1 aromatic heterocycles. The van der Waals surface area contributed by atoms with Crippen LogP contribution in [0.2, 0.25) is 0 Å². The Hall–Kier alpha value is -0.900. The number of aromatic nitrogens is 2. The van der Waals surface area contributed by atoms with Crippen molar-refractivity contribution in [2.24, 2.45) is 5.41 Å². The highest BCUT2D eigenvalue weighted by atomic mass is 16.5. The van der Waals surface area contributed by atoms with E-state index in [2.05, 4.69) is 44.8 Å². The van der Waals surface area contributed by atoms with E-state index in [4.69, 9.17) is 4.52 Å². The second-order valence-corrected chi connectivity index (χ2v) is 7.86. The third-order valence-corrected chi connectivity index (χ3v) is 3.92. The van der Waals surface area contributed by atoms with Crippen molar-refractivity contribution in [2.45, 2.75) is 77.7 Å². The van der Waals surface area contributed by atoms with E-state index < -0.39 is 5.60 Å². The summed E-state index contributed by atoms with van der Waals surface area (Å²) in [6, 6.07) is 0.